The molecule has 3 nitrogen and oxygen atoms in total. The highest BCUT2D eigenvalue weighted by atomic mass is 35.5. The summed E-state index contributed by atoms with van der Waals surface area (Å²) in [5, 5.41) is 1.69. The van der Waals surface area contributed by atoms with Gasteiger partial charge in [-0.05, 0) is 43.4 Å². The highest BCUT2D eigenvalue weighted by Gasteiger charge is 2.28. The van der Waals surface area contributed by atoms with Crippen molar-refractivity contribution in [2.45, 2.75) is 46.6 Å². The van der Waals surface area contributed by atoms with E-state index in [1.54, 1.807) is 18.2 Å². The molecule has 0 aromatic heterocycles. The van der Waals surface area contributed by atoms with E-state index >= 15 is 0 Å². The van der Waals surface area contributed by atoms with Crippen LogP contribution < -0.4 is 4.72 Å². The molecule has 0 aliphatic heterocycles. The van der Waals surface area contributed by atoms with Crippen LogP contribution in [0, 0.1) is 5.41 Å². The van der Waals surface area contributed by atoms with Crippen LogP contribution in [0.3, 0.4) is 0 Å². The third kappa shape index (κ3) is 7.11. The summed E-state index contributed by atoms with van der Waals surface area (Å²) in [5.41, 5.74) is 0.207. The predicted molar refractivity (Wildman–Crippen MR) is 90.7 cm³/mol. The molecule has 0 aliphatic rings. The molecule has 0 aliphatic carbocycles. The molecular formula is C16H24ClNO2S. The lowest BCUT2D eigenvalue weighted by Gasteiger charge is -2.32. The Kier molecular flexibility index (Phi) is 5.64. The topological polar surface area (TPSA) is 46.2 Å². The van der Waals surface area contributed by atoms with Gasteiger partial charge < -0.3 is 0 Å². The molecule has 1 rings (SSSR count). The van der Waals surface area contributed by atoms with E-state index in [9.17, 15) is 8.42 Å². The summed E-state index contributed by atoms with van der Waals surface area (Å²) in [7, 11) is -3.52. The first-order chi connectivity index (χ1) is 9.40. The molecule has 1 aromatic rings. The Bertz CT molecular complexity index is 613. The van der Waals surface area contributed by atoms with Gasteiger partial charge in [0.15, 0.2) is 0 Å². The van der Waals surface area contributed by atoms with Crippen LogP contribution in [-0.4, -0.2) is 14.0 Å². The molecule has 0 heterocycles. The van der Waals surface area contributed by atoms with Crippen LogP contribution in [0.25, 0.3) is 6.08 Å². The third-order valence-electron chi connectivity index (χ3n) is 2.72. The summed E-state index contributed by atoms with van der Waals surface area (Å²) in [6, 6.07) is 7.12. The number of sulfonamides is 1. The van der Waals surface area contributed by atoms with Crippen LogP contribution in [-0.2, 0) is 10.0 Å². The van der Waals surface area contributed by atoms with Crippen molar-refractivity contribution < 1.29 is 8.42 Å². The standard InChI is InChI=1S/C16H24ClNO2S/c1-15(2,3)12-16(4,5)18-21(19,20)11-10-13-8-6-7-9-14(13)17/h6-11,18H,12H2,1-5H3. The SMILES string of the molecule is CC(C)(C)CC(C)(C)NS(=O)(=O)C=Cc1ccccc1Cl. The fourth-order valence-electron chi connectivity index (χ4n) is 2.55. The second-order valence-corrected chi connectivity index (χ2v) is 9.07. The second-order valence-electron chi connectivity index (χ2n) is 7.09. The van der Waals surface area contributed by atoms with Crippen molar-refractivity contribution in [2.24, 2.45) is 5.41 Å². The highest BCUT2D eigenvalue weighted by molar-refractivity contribution is 7.92. The third-order valence-corrected chi connectivity index (χ3v) is 4.40. The summed E-state index contributed by atoms with van der Waals surface area (Å²) in [6.45, 7) is 10.0. The Morgan fingerprint density at radius 3 is 2.24 bits per heavy atom. The smallest absolute Gasteiger partial charge is 0.208 e. The molecule has 0 saturated carbocycles. The molecule has 0 unspecified atom stereocenters. The largest absolute Gasteiger partial charge is 0.234 e. The van der Waals surface area contributed by atoms with E-state index in [0.29, 0.717) is 10.6 Å². The first-order valence-electron chi connectivity index (χ1n) is 6.87. The van der Waals surface area contributed by atoms with Crippen LogP contribution >= 0.6 is 11.6 Å². The molecule has 0 atom stereocenters. The molecule has 1 N–H and O–H groups in total. The van der Waals surface area contributed by atoms with Gasteiger partial charge in [-0.2, -0.15) is 0 Å². The molecule has 0 saturated heterocycles. The van der Waals surface area contributed by atoms with Crippen LogP contribution in [0.1, 0.15) is 46.6 Å². The Labute approximate surface area is 133 Å². The molecule has 0 radical (unpaired) electrons. The van der Waals surface area contributed by atoms with Crippen molar-refractivity contribution in [3.63, 3.8) is 0 Å². The molecule has 118 valence electrons. The number of hydrogen-bond donors (Lipinski definition) is 1. The normalized spacial score (nSPS) is 13.8. The summed E-state index contributed by atoms with van der Waals surface area (Å²) in [4.78, 5) is 0. The predicted octanol–water partition coefficient (Wildman–Crippen LogP) is 4.44. The van der Waals surface area contributed by atoms with Gasteiger partial charge in [0.05, 0.1) is 0 Å². The molecule has 0 fully saturated rings. The monoisotopic (exact) mass is 329 g/mol. The second kappa shape index (κ2) is 6.51. The van der Waals surface area contributed by atoms with E-state index in [0.717, 1.165) is 6.42 Å². The lowest BCUT2D eigenvalue weighted by molar-refractivity contribution is 0.270. The zero-order chi connectivity index (χ0) is 16.3. The van der Waals surface area contributed by atoms with Crippen LogP contribution in [0.4, 0.5) is 0 Å². The minimum Gasteiger partial charge on any atom is -0.208 e. The first-order valence-corrected chi connectivity index (χ1v) is 8.79. The fraction of sp³-hybridized carbons (Fsp3) is 0.500. The van der Waals surface area contributed by atoms with E-state index in [4.69, 9.17) is 11.6 Å². The fourth-order valence-corrected chi connectivity index (χ4v) is 3.99. The van der Waals surface area contributed by atoms with E-state index in [2.05, 4.69) is 25.5 Å². The van der Waals surface area contributed by atoms with Gasteiger partial charge in [0.25, 0.3) is 0 Å². The van der Waals surface area contributed by atoms with Crippen LogP contribution in [0.5, 0.6) is 0 Å². The number of hydrogen-bond acceptors (Lipinski definition) is 2. The summed E-state index contributed by atoms with van der Waals surface area (Å²) >= 11 is 6.01. The number of benzene rings is 1. The molecular weight excluding hydrogens is 306 g/mol. The zero-order valence-corrected chi connectivity index (χ0v) is 14.8. The number of nitrogens with one attached hydrogen (secondary N) is 1. The van der Waals surface area contributed by atoms with Crippen molar-refractivity contribution in [3.8, 4) is 0 Å². The summed E-state index contributed by atoms with van der Waals surface area (Å²) < 4.78 is 27.1. The van der Waals surface area contributed by atoms with Crippen molar-refractivity contribution in [2.75, 3.05) is 0 Å². The number of rotatable bonds is 5. The molecule has 0 amide bonds. The minimum absolute atomic E-state index is 0.0402. The maximum absolute atomic E-state index is 12.2. The minimum atomic E-state index is -3.52. The van der Waals surface area contributed by atoms with E-state index in [-0.39, 0.29) is 5.41 Å². The van der Waals surface area contributed by atoms with Gasteiger partial charge in [-0.1, -0.05) is 50.6 Å². The Morgan fingerprint density at radius 2 is 1.71 bits per heavy atom. The molecule has 0 bridgehead atoms. The Balaban J connectivity index is 2.86. The van der Waals surface area contributed by atoms with Gasteiger partial charge in [0, 0.05) is 16.0 Å². The summed E-state index contributed by atoms with van der Waals surface area (Å²) in [6.07, 6.45) is 2.25. The lowest BCUT2D eigenvalue weighted by Crippen LogP contribution is -2.44. The lowest BCUT2D eigenvalue weighted by atomic mass is 9.82. The Hall–Kier alpha value is -0.840. The molecule has 21 heavy (non-hydrogen) atoms. The maximum Gasteiger partial charge on any atom is 0.234 e. The van der Waals surface area contributed by atoms with Crippen molar-refractivity contribution >= 4 is 27.7 Å². The van der Waals surface area contributed by atoms with Crippen LogP contribution in [0.15, 0.2) is 29.7 Å². The van der Waals surface area contributed by atoms with Gasteiger partial charge in [-0.15, -0.1) is 0 Å². The van der Waals surface area contributed by atoms with E-state index < -0.39 is 15.6 Å². The van der Waals surface area contributed by atoms with Crippen molar-refractivity contribution in [3.05, 3.63) is 40.3 Å². The van der Waals surface area contributed by atoms with E-state index in [1.165, 1.54) is 11.5 Å². The maximum atomic E-state index is 12.2. The van der Waals surface area contributed by atoms with Gasteiger partial charge in [-0.25, -0.2) is 13.1 Å². The first kappa shape index (κ1) is 18.2. The molecule has 5 heteroatoms. The van der Waals surface area contributed by atoms with Crippen molar-refractivity contribution in [1.29, 1.82) is 0 Å². The van der Waals surface area contributed by atoms with Gasteiger partial charge in [-0.3, -0.25) is 0 Å². The number of halogens is 1. The van der Waals surface area contributed by atoms with Crippen molar-refractivity contribution in [1.82, 2.24) is 4.72 Å². The Morgan fingerprint density at radius 1 is 1.14 bits per heavy atom. The van der Waals surface area contributed by atoms with E-state index in [1.807, 2.05) is 19.9 Å². The van der Waals surface area contributed by atoms with Gasteiger partial charge >= 0.3 is 0 Å². The molecule has 1 aromatic carbocycles. The van der Waals surface area contributed by atoms with Gasteiger partial charge in [0.2, 0.25) is 10.0 Å². The van der Waals surface area contributed by atoms with Gasteiger partial charge in [0.1, 0.15) is 0 Å². The average Bonchev–Trinajstić information content (AvgIpc) is 2.22. The summed E-state index contributed by atoms with van der Waals surface area (Å²) in [5.74, 6) is 0. The average molecular weight is 330 g/mol. The quantitative estimate of drug-likeness (QED) is 0.867. The zero-order valence-electron chi connectivity index (χ0n) is 13.3. The molecule has 0 spiro atoms. The highest BCUT2D eigenvalue weighted by Crippen LogP contribution is 2.27. The van der Waals surface area contributed by atoms with Crippen LogP contribution in [0.2, 0.25) is 5.02 Å².